The van der Waals surface area contributed by atoms with Gasteiger partial charge in [-0.2, -0.15) is 0 Å². The number of nitro benzene ring substituents is 1. The number of carbonyl (C=O) groups excluding carboxylic acids is 1. The van der Waals surface area contributed by atoms with Crippen molar-refractivity contribution < 1.29 is 9.72 Å². The Labute approximate surface area is 151 Å². The molecule has 6 heteroatoms. The molecule has 0 unspecified atom stereocenters. The van der Waals surface area contributed by atoms with E-state index < -0.39 is 4.92 Å². The zero-order valence-corrected chi connectivity index (χ0v) is 15.0. The molecule has 0 aliphatic carbocycles. The summed E-state index contributed by atoms with van der Waals surface area (Å²) in [4.78, 5) is 24.4. The van der Waals surface area contributed by atoms with Gasteiger partial charge in [0.15, 0.2) is 0 Å². The zero-order chi connectivity index (χ0) is 18.6. The fraction of sp³-hybridized carbons (Fsp3) is 0.211. The molecule has 0 aliphatic rings. The molecule has 0 saturated carbocycles. The average molecular weight is 359 g/mol. The van der Waals surface area contributed by atoms with Crippen molar-refractivity contribution in [3.8, 4) is 0 Å². The number of benzene rings is 2. The molecule has 0 radical (unpaired) electrons. The first-order valence-corrected chi connectivity index (χ1v) is 8.12. The van der Waals surface area contributed by atoms with Crippen molar-refractivity contribution in [1.82, 2.24) is 4.90 Å². The molecular weight excluding hydrogens is 340 g/mol. The third kappa shape index (κ3) is 4.67. The first-order chi connectivity index (χ1) is 11.8. The van der Waals surface area contributed by atoms with Crippen LogP contribution in [0.1, 0.15) is 29.7 Å². The molecule has 2 aromatic rings. The molecule has 0 aromatic heterocycles. The van der Waals surface area contributed by atoms with E-state index in [4.69, 9.17) is 11.6 Å². The lowest BCUT2D eigenvalue weighted by Gasteiger charge is -2.24. The Morgan fingerprint density at radius 2 is 2.00 bits per heavy atom. The second-order valence-electron chi connectivity index (χ2n) is 5.82. The summed E-state index contributed by atoms with van der Waals surface area (Å²) in [6, 6.07) is 11.6. The molecule has 1 atom stereocenters. The minimum Gasteiger partial charge on any atom is -0.335 e. The molecule has 130 valence electrons. The normalized spacial score (nSPS) is 12.2. The van der Waals surface area contributed by atoms with Gasteiger partial charge in [0.1, 0.15) is 0 Å². The Hall–Kier alpha value is -2.66. The number of amides is 1. The van der Waals surface area contributed by atoms with Crippen LogP contribution in [0.15, 0.2) is 48.5 Å². The summed E-state index contributed by atoms with van der Waals surface area (Å²) in [5, 5.41) is 11.5. The van der Waals surface area contributed by atoms with Crippen LogP contribution in [-0.2, 0) is 4.79 Å². The Bertz CT molecular complexity index is 833. The van der Waals surface area contributed by atoms with Crippen molar-refractivity contribution in [2.75, 3.05) is 7.05 Å². The Kier molecular flexibility index (Phi) is 5.93. The highest BCUT2D eigenvalue weighted by atomic mass is 35.5. The standard InChI is InChI=1S/C19H19ClN2O3/c1-13-7-8-15(11-18(13)20)9-10-19(23)21(3)14(2)16-5-4-6-17(12-16)22(24)25/h4-12,14H,1-3H3/b10-9+/t14-/m0/s1. The summed E-state index contributed by atoms with van der Waals surface area (Å²) in [5.41, 5.74) is 2.52. The SMILES string of the molecule is Cc1ccc(/C=C/C(=O)N(C)[C@@H](C)c2cccc([N+](=O)[O-])c2)cc1Cl. The van der Waals surface area contributed by atoms with Crippen molar-refractivity contribution in [1.29, 1.82) is 0 Å². The number of nitro groups is 1. The average Bonchev–Trinajstić information content (AvgIpc) is 2.61. The predicted octanol–water partition coefficient (Wildman–Crippen LogP) is 4.79. The summed E-state index contributed by atoms with van der Waals surface area (Å²) in [7, 11) is 1.66. The minimum absolute atomic E-state index is 0.00929. The summed E-state index contributed by atoms with van der Waals surface area (Å²) in [6.07, 6.45) is 3.17. The second-order valence-corrected chi connectivity index (χ2v) is 6.23. The first kappa shape index (κ1) is 18.7. The number of carbonyl (C=O) groups is 1. The molecule has 0 heterocycles. The topological polar surface area (TPSA) is 63.5 Å². The molecule has 0 spiro atoms. The highest BCUT2D eigenvalue weighted by Crippen LogP contribution is 2.23. The van der Waals surface area contributed by atoms with E-state index in [2.05, 4.69) is 0 Å². The third-order valence-electron chi connectivity index (χ3n) is 4.11. The molecule has 25 heavy (non-hydrogen) atoms. The van der Waals surface area contributed by atoms with Crippen molar-refractivity contribution in [3.63, 3.8) is 0 Å². The van der Waals surface area contributed by atoms with E-state index in [0.717, 1.165) is 11.1 Å². The highest BCUT2D eigenvalue weighted by molar-refractivity contribution is 6.31. The molecule has 0 N–H and O–H groups in total. The molecule has 2 aromatic carbocycles. The van der Waals surface area contributed by atoms with E-state index in [1.54, 1.807) is 31.3 Å². The number of halogens is 1. The van der Waals surface area contributed by atoms with E-state index in [9.17, 15) is 14.9 Å². The predicted molar refractivity (Wildman–Crippen MR) is 99.5 cm³/mol. The molecule has 1 amide bonds. The molecular formula is C19H19ClN2O3. The Morgan fingerprint density at radius 1 is 1.28 bits per heavy atom. The molecule has 2 rings (SSSR count). The van der Waals surface area contributed by atoms with Crippen LogP contribution >= 0.6 is 11.6 Å². The van der Waals surface area contributed by atoms with Gasteiger partial charge in [0.2, 0.25) is 5.91 Å². The lowest BCUT2D eigenvalue weighted by molar-refractivity contribution is -0.384. The maximum absolute atomic E-state index is 12.4. The minimum atomic E-state index is -0.445. The van der Waals surface area contributed by atoms with Gasteiger partial charge in [-0.1, -0.05) is 35.9 Å². The Balaban J connectivity index is 2.13. The number of aryl methyl sites for hydroxylation is 1. The smallest absolute Gasteiger partial charge is 0.269 e. The Morgan fingerprint density at radius 3 is 2.64 bits per heavy atom. The van der Waals surface area contributed by atoms with Gasteiger partial charge in [0.05, 0.1) is 11.0 Å². The highest BCUT2D eigenvalue weighted by Gasteiger charge is 2.17. The van der Waals surface area contributed by atoms with E-state index in [1.807, 2.05) is 26.0 Å². The molecule has 0 fully saturated rings. The van der Waals surface area contributed by atoms with E-state index in [0.29, 0.717) is 10.6 Å². The van der Waals surface area contributed by atoms with Gasteiger partial charge in [0, 0.05) is 30.3 Å². The molecule has 0 aliphatic heterocycles. The number of hydrogen-bond acceptors (Lipinski definition) is 3. The maximum Gasteiger partial charge on any atom is 0.269 e. The van der Waals surface area contributed by atoms with Crippen molar-refractivity contribution in [2.24, 2.45) is 0 Å². The lowest BCUT2D eigenvalue weighted by Crippen LogP contribution is -2.28. The van der Waals surface area contributed by atoms with Gasteiger partial charge in [-0.15, -0.1) is 0 Å². The van der Waals surface area contributed by atoms with Crippen LogP contribution in [0.25, 0.3) is 6.08 Å². The summed E-state index contributed by atoms with van der Waals surface area (Å²) in [6.45, 7) is 3.74. The number of hydrogen-bond donors (Lipinski definition) is 0. The van der Waals surface area contributed by atoms with E-state index >= 15 is 0 Å². The van der Waals surface area contributed by atoms with Crippen LogP contribution < -0.4 is 0 Å². The van der Waals surface area contributed by atoms with Crippen LogP contribution in [0, 0.1) is 17.0 Å². The van der Waals surface area contributed by atoms with Gasteiger partial charge in [-0.05, 0) is 42.7 Å². The van der Waals surface area contributed by atoms with E-state index in [1.165, 1.54) is 23.1 Å². The summed E-state index contributed by atoms with van der Waals surface area (Å²) in [5.74, 6) is -0.198. The van der Waals surface area contributed by atoms with Crippen LogP contribution in [-0.4, -0.2) is 22.8 Å². The second kappa shape index (κ2) is 7.94. The van der Waals surface area contributed by atoms with Crippen LogP contribution in [0.5, 0.6) is 0 Å². The van der Waals surface area contributed by atoms with Crippen LogP contribution in [0.4, 0.5) is 5.69 Å². The van der Waals surface area contributed by atoms with Crippen LogP contribution in [0.3, 0.4) is 0 Å². The number of nitrogens with zero attached hydrogens (tertiary/aromatic N) is 2. The van der Waals surface area contributed by atoms with Gasteiger partial charge in [-0.25, -0.2) is 0 Å². The van der Waals surface area contributed by atoms with Gasteiger partial charge >= 0.3 is 0 Å². The molecule has 5 nitrogen and oxygen atoms in total. The van der Waals surface area contributed by atoms with Gasteiger partial charge in [-0.3, -0.25) is 14.9 Å². The molecule has 0 bridgehead atoms. The fourth-order valence-corrected chi connectivity index (χ4v) is 2.50. The first-order valence-electron chi connectivity index (χ1n) is 7.75. The maximum atomic E-state index is 12.4. The fourth-order valence-electron chi connectivity index (χ4n) is 2.31. The van der Waals surface area contributed by atoms with Crippen molar-refractivity contribution in [2.45, 2.75) is 19.9 Å². The quantitative estimate of drug-likeness (QED) is 0.438. The zero-order valence-electron chi connectivity index (χ0n) is 14.3. The number of non-ortho nitro benzene ring substituents is 1. The number of rotatable bonds is 5. The van der Waals surface area contributed by atoms with Crippen molar-refractivity contribution in [3.05, 3.63) is 80.4 Å². The largest absolute Gasteiger partial charge is 0.335 e. The van der Waals surface area contributed by atoms with Crippen LogP contribution in [0.2, 0.25) is 5.02 Å². The molecule has 0 saturated heterocycles. The lowest BCUT2D eigenvalue weighted by atomic mass is 10.1. The van der Waals surface area contributed by atoms with E-state index in [-0.39, 0.29) is 17.6 Å². The monoisotopic (exact) mass is 358 g/mol. The van der Waals surface area contributed by atoms with Crippen molar-refractivity contribution >= 4 is 29.3 Å². The summed E-state index contributed by atoms with van der Waals surface area (Å²) >= 11 is 6.08. The third-order valence-corrected chi connectivity index (χ3v) is 4.51. The number of likely N-dealkylation sites (N-methyl/N-ethyl adjacent to an activating group) is 1. The van der Waals surface area contributed by atoms with Gasteiger partial charge in [0.25, 0.3) is 5.69 Å². The van der Waals surface area contributed by atoms with Gasteiger partial charge < -0.3 is 4.90 Å². The summed E-state index contributed by atoms with van der Waals surface area (Å²) < 4.78 is 0.